The third kappa shape index (κ3) is 1.45. The zero-order chi connectivity index (χ0) is 8.01. The molecule has 2 rings (SSSR count). The van der Waals surface area contributed by atoms with Crippen LogP contribution in [0.2, 0.25) is 0 Å². The number of hydrogen-bond donors (Lipinski definition) is 0. The molecule has 0 amide bonds. The van der Waals surface area contributed by atoms with Crippen molar-refractivity contribution in [1.29, 1.82) is 0 Å². The fourth-order valence-electron chi connectivity index (χ4n) is 2.76. The molecule has 3 atom stereocenters. The topological polar surface area (TPSA) is 0 Å². The van der Waals surface area contributed by atoms with Crippen LogP contribution >= 0.6 is 0 Å². The normalized spacial score (nSPS) is 43.1. The van der Waals surface area contributed by atoms with E-state index in [4.69, 9.17) is 0 Å². The minimum Gasteiger partial charge on any atom is -0.0628 e. The highest BCUT2D eigenvalue weighted by molar-refractivity contribution is 5.02. The molecule has 0 bridgehead atoms. The van der Waals surface area contributed by atoms with E-state index in [-0.39, 0.29) is 0 Å². The Kier molecular flexibility index (Phi) is 1.74. The van der Waals surface area contributed by atoms with E-state index in [1.807, 2.05) is 0 Å². The van der Waals surface area contributed by atoms with Crippen LogP contribution in [0.1, 0.15) is 40.0 Å². The van der Waals surface area contributed by atoms with Crippen molar-refractivity contribution < 1.29 is 0 Å². The number of hydrogen-bond acceptors (Lipinski definition) is 0. The van der Waals surface area contributed by atoms with Gasteiger partial charge < -0.3 is 0 Å². The van der Waals surface area contributed by atoms with Gasteiger partial charge in [-0.2, -0.15) is 0 Å². The van der Waals surface area contributed by atoms with Crippen LogP contribution < -0.4 is 0 Å². The first kappa shape index (κ1) is 7.64. The predicted molar refractivity (Wildman–Crippen MR) is 48.3 cm³/mol. The standard InChI is InChI=1S/C11H20/c1-7(2)6-10-8(3)11(10)9-4-5-9/h7-11H,4-6H2,1-3H3. The van der Waals surface area contributed by atoms with Crippen LogP contribution in [-0.4, -0.2) is 0 Å². The van der Waals surface area contributed by atoms with Gasteiger partial charge in [-0.15, -0.1) is 0 Å². The smallest absolute Gasteiger partial charge is 0.0326 e. The SMILES string of the molecule is CC(C)CC1C(C)C1C1CC1. The van der Waals surface area contributed by atoms with Gasteiger partial charge in [0, 0.05) is 0 Å². The Hall–Kier alpha value is 0. The molecule has 3 unspecified atom stereocenters. The average Bonchev–Trinajstić information content (AvgIpc) is 2.71. The Morgan fingerprint density at radius 2 is 1.91 bits per heavy atom. The molecule has 2 saturated carbocycles. The maximum atomic E-state index is 2.45. The van der Waals surface area contributed by atoms with Gasteiger partial charge in [0.1, 0.15) is 0 Å². The summed E-state index contributed by atoms with van der Waals surface area (Å²) in [6.45, 7) is 7.17. The number of rotatable bonds is 3. The Morgan fingerprint density at radius 3 is 2.36 bits per heavy atom. The summed E-state index contributed by atoms with van der Waals surface area (Å²) in [6.07, 6.45) is 4.58. The van der Waals surface area contributed by atoms with Crippen LogP contribution in [0.3, 0.4) is 0 Å². The highest BCUT2D eigenvalue weighted by atomic mass is 14.6. The van der Waals surface area contributed by atoms with Gasteiger partial charge in [-0.05, 0) is 48.9 Å². The van der Waals surface area contributed by atoms with Crippen molar-refractivity contribution in [2.45, 2.75) is 40.0 Å². The van der Waals surface area contributed by atoms with Crippen molar-refractivity contribution in [2.75, 3.05) is 0 Å². The second-order valence-electron chi connectivity index (χ2n) is 5.07. The van der Waals surface area contributed by atoms with Crippen LogP contribution in [0.4, 0.5) is 0 Å². The van der Waals surface area contributed by atoms with Crippen LogP contribution in [0.15, 0.2) is 0 Å². The van der Waals surface area contributed by atoms with Gasteiger partial charge in [-0.25, -0.2) is 0 Å². The zero-order valence-corrected chi connectivity index (χ0v) is 8.01. The van der Waals surface area contributed by atoms with Gasteiger partial charge in [-0.3, -0.25) is 0 Å². The summed E-state index contributed by atoms with van der Waals surface area (Å²) in [5.41, 5.74) is 0. The van der Waals surface area contributed by atoms with E-state index in [1.165, 1.54) is 6.42 Å². The van der Waals surface area contributed by atoms with E-state index in [1.54, 1.807) is 12.8 Å². The van der Waals surface area contributed by atoms with E-state index in [0.29, 0.717) is 0 Å². The van der Waals surface area contributed by atoms with Crippen LogP contribution in [0.25, 0.3) is 0 Å². The summed E-state index contributed by atoms with van der Waals surface area (Å²) in [4.78, 5) is 0. The minimum atomic E-state index is 0.922. The van der Waals surface area contributed by atoms with E-state index in [9.17, 15) is 0 Å². The molecule has 0 aromatic carbocycles. The Labute approximate surface area is 70.4 Å². The summed E-state index contributed by atoms with van der Waals surface area (Å²) in [7, 11) is 0. The first-order valence-corrected chi connectivity index (χ1v) is 5.20. The molecule has 11 heavy (non-hydrogen) atoms. The lowest BCUT2D eigenvalue weighted by Crippen LogP contribution is -1.91. The molecule has 2 aliphatic rings. The maximum Gasteiger partial charge on any atom is -0.0326 e. The van der Waals surface area contributed by atoms with E-state index < -0.39 is 0 Å². The summed E-state index contributed by atoms with van der Waals surface area (Å²) < 4.78 is 0. The summed E-state index contributed by atoms with van der Waals surface area (Å²) in [5, 5.41) is 0. The van der Waals surface area contributed by atoms with Gasteiger partial charge in [0.25, 0.3) is 0 Å². The van der Waals surface area contributed by atoms with E-state index in [0.717, 1.165) is 29.6 Å². The first-order chi connectivity index (χ1) is 5.20. The molecule has 0 N–H and O–H groups in total. The van der Waals surface area contributed by atoms with Gasteiger partial charge >= 0.3 is 0 Å². The summed E-state index contributed by atoms with van der Waals surface area (Å²) in [5.74, 6) is 5.42. The van der Waals surface area contributed by atoms with Crippen molar-refractivity contribution in [3.63, 3.8) is 0 Å². The zero-order valence-electron chi connectivity index (χ0n) is 8.01. The van der Waals surface area contributed by atoms with Crippen molar-refractivity contribution in [2.24, 2.45) is 29.6 Å². The molecule has 0 aromatic rings. The first-order valence-electron chi connectivity index (χ1n) is 5.20. The monoisotopic (exact) mass is 152 g/mol. The highest BCUT2D eigenvalue weighted by Crippen LogP contribution is 2.60. The van der Waals surface area contributed by atoms with Crippen molar-refractivity contribution in [1.82, 2.24) is 0 Å². The average molecular weight is 152 g/mol. The Morgan fingerprint density at radius 1 is 1.27 bits per heavy atom. The fourth-order valence-corrected chi connectivity index (χ4v) is 2.76. The second-order valence-corrected chi connectivity index (χ2v) is 5.07. The lowest BCUT2D eigenvalue weighted by molar-refractivity contribution is 0.493. The van der Waals surface area contributed by atoms with E-state index >= 15 is 0 Å². The molecule has 2 fully saturated rings. The van der Waals surface area contributed by atoms with Crippen molar-refractivity contribution in [3.8, 4) is 0 Å². The molecular formula is C11H20. The molecule has 2 aliphatic carbocycles. The van der Waals surface area contributed by atoms with Crippen molar-refractivity contribution >= 4 is 0 Å². The highest BCUT2D eigenvalue weighted by Gasteiger charge is 2.53. The maximum absolute atomic E-state index is 2.45. The molecule has 0 heterocycles. The third-order valence-electron chi connectivity index (χ3n) is 3.55. The molecule has 0 saturated heterocycles. The van der Waals surface area contributed by atoms with Gasteiger partial charge in [0.2, 0.25) is 0 Å². The van der Waals surface area contributed by atoms with Crippen molar-refractivity contribution in [3.05, 3.63) is 0 Å². The van der Waals surface area contributed by atoms with Crippen LogP contribution in [0, 0.1) is 29.6 Å². The van der Waals surface area contributed by atoms with Gasteiger partial charge in [0.05, 0.1) is 0 Å². The summed E-state index contributed by atoms with van der Waals surface area (Å²) >= 11 is 0. The largest absolute Gasteiger partial charge is 0.0628 e. The molecule has 64 valence electrons. The quantitative estimate of drug-likeness (QED) is 0.582. The molecule has 0 heteroatoms. The summed E-state index contributed by atoms with van der Waals surface area (Å²) in [6, 6.07) is 0. The lowest BCUT2D eigenvalue weighted by Gasteiger charge is -2.01. The van der Waals surface area contributed by atoms with Crippen LogP contribution in [-0.2, 0) is 0 Å². The molecule has 0 spiro atoms. The van der Waals surface area contributed by atoms with E-state index in [2.05, 4.69) is 20.8 Å². The Bertz CT molecular complexity index is 144. The van der Waals surface area contributed by atoms with Crippen LogP contribution in [0.5, 0.6) is 0 Å². The third-order valence-corrected chi connectivity index (χ3v) is 3.55. The minimum absolute atomic E-state index is 0.922. The molecular weight excluding hydrogens is 132 g/mol. The fraction of sp³-hybridized carbons (Fsp3) is 1.00. The molecule has 0 radical (unpaired) electrons. The lowest BCUT2D eigenvalue weighted by atomic mass is 10.0. The molecule has 0 nitrogen and oxygen atoms in total. The second kappa shape index (κ2) is 2.50. The predicted octanol–water partition coefficient (Wildman–Crippen LogP) is 3.32. The van der Waals surface area contributed by atoms with Gasteiger partial charge in [0.15, 0.2) is 0 Å². The van der Waals surface area contributed by atoms with Gasteiger partial charge in [-0.1, -0.05) is 20.8 Å². The Balaban J connectivity index is 1.79. The molecule has 0 aliphatic heterocycles. The molecule has 0 aromatic heterocycles.